The molecule has 1 aromatic heterocycles. The minimum absolute atomic E-state index is 0.0209. The first-order valence-electron chi connectivity index (χ1n) is 8.20. The van der Waals surface area contributed by atoms with Crippen LogP contribution in [-0.2, 0) is 0 Å². The fourth-order valence-corrected chi connectivity index (χ4v) is 2.17. The number of phenolic OH excluding ortho intramolecular Hbond substituents is 2. The Balaban J connectivity index is 0.000000209. The molecule has 0 atom stereocenters. The Morgan fingerprint density at radius 1 is 1.07 bits per heavy atom. The molecule has 0 aliphatic rings. The fourth-order valence-electron chi connectivity index (χ4n) is 2.17. The van der Waals surface area contributed by atoms with E-state index >= 15 is 0 Å². The Labute approximate surface area is 162 Å². The van der Waals surface area contributed by atoms with Crippen LogP contribution in [0.1, 0.15) is 16.1 Å². The van der Waals surface area contributed by atoms with E-state index in [0.717, 1.165) is 11.3 Å². The van der Waals surface area contributed by atoms with Gasteiger partial charge in [-0.25, -0.2) is 4.98 Å². The van der Waals surface area contributed by atoms with E-state index in [1.807, 2.05) is 24.3 Å². The largest absolute Gasteiger partial charge is 0.508 e. The second-order valence-corrected chi connectivity index (χ2v) is 5.44. The standard InChI is InChI=1S/C12H10N2O2.C8H10N2O2/c1-16-11-4-2-9(3-5-11)12-7-13-6-10(8-15)14-12;1-9-10-5-6-2-7(11)4-8(12)3-6/h2-8H,1H3;2-5,9,11-12H,1H3/b;10-5+. The average molecular weight is 380 g/mol. The third kappa shape index (κ3) is 6.10. The molecule has 28 heavy (non-hydrogen) atoms. The summed E-state index contributed by atoms with van der Waals surface area (Å²) in [6, 6.07) is 11.7. The van der Waals surface area contributed by atoms with Crippen molar-refractivity contribution >= 4 is 12.5 Å². The third-order valence-corrected chi connectivity index (χ3v) is 3.43. The lowest BCUT2D eigenvalue weighted by Gasteiger charge is -2.02. The monoisotopic (exact) mass is 380 g/mol. The van der Waals surface area contributed by atoms with Gasteiger partial charge in [-0.3, -0.25) is 9.78 Å². The quantitative estimate of drug-likeness (QED) is 0.354. The summed E-state index contributed by atoms with van der Waals surface area (Å²) in [5.74, 6) is 0.823. The second kappa shape index (κ2) is 10.3. The van der Waals surface area contributed by atoms with E-state index in [4.69, 9.17) is 14.9 Å². The SMILES string of the molecule is CN/N=C/c1cc(O)cc(O)c1.COc1ccc(-c2cncc(C=O)n2)cc1. The highest BCUT2D eigenvalue weighted by atomic mass is 16.5. The van der Waals surface area contributed by atoms with Crippen molar-refractivity contribution in [3.63, 3.8) is 0 Å². The molecule has 2 aromatic carbocycles. The molecule has 3 rings (SSSR count). The smallest absolute Gasteiger partial charge is 0.170 e. The summed E-state index contributed by atoms with van der Waals surface area (Å²) in [5, 5.41) is 21.8. The zero-order valence-electron chi connectivity index (χ0n) is 15.4. The van der Waals surface area contributed by atoms with Crippen LogP contribution in [0.5, 0.6) is 17.2 Å². The summed E-state index contributed by atoms with van der Waals surface area (Å²) < 4.78 is 5.06. The number of nitrogens with zero attached hydrogens (tertiary/aromatic N) is 3. The summed E-state index contributed by atoms with van der Waals surface area (Å²) in [5.41, 5.74) is 5.10. The highest BCUT2D eigenvalue weighted by molar-refractivity contribution is 5.80. The van der Waals surface area contributed by atoms with Gasteiger partial charge < -0.3 is 20.4 Å². The molecule has 0 radical (unpaired) electrons. The highest BCUT2D eigenvalue weighted by Crippen LogP contribution is 2.20. The molecule has 0 unspecified atom stereocenters. The molecule has 0 bridgehead atoms. The number of aldehydes is 1. The van der Waals surface area contributed by atoms with Crippen molar-refractivity contribution in [2.45, 2.75) is 0 Å². The van der Waals surface area contributed by atoms with E-state index in [0.29, 0.717) is 23.2 Å². The molecule has 1 heterocycles. The van der Waals surface area contributed by atoms with Gasteiger partial charge in [0, 0.05) is 24.2 Å². The predicted molar refractivity (Wildman–Crippen MR) is 106 cm³/mol. The number of carbonyl (C=O) groups is 1. The summed E-state index contributed by atoms with van der Waals surface area (Å²) in [7, 11) is 3.28. The molecule has 3 N–H and O–H groups in total. The van der Waals surface area contributed by atoms with Gasteiger partial charge in [-0.15, -0.1) is 0 Å². The van der Waals surface area contributed by atoms with E-state index in [2.05, 4.69) is 20.5 Å². The summed E-state index contributed by atoms with van der Waals surface area (Å²) >= 11 is 0. The van der Waals surface area contributed by atoms with Crippen LogP contribution in [0.3, 0.4) is 0 Å². The lowest BCUT2D eigenvalue weighted by molar-refractivity contribution is 0.111. The first-order valence-corrected chi connectivity index (χ1v) is 8.20. The van der Waals surface area contributed by atoms with E-state index in [9.17, 15) is 4.79 Å². The maximum Gasteiger partial charge on any atom is 0.170 e. The van der Waals surface area contributed by atoms with Crippen LogP contribution < -0.4 is 10.2 Å². The number of nitrogens with one attached hydrogen (secondary N) is 1. The first-order chi connectivity index (χ1) is 13.5. The van der Waals surface area contributed by atoms with Crippen molar-refractivity contribution in [3.8, 4) is 28.5 Å². The van der Waals surface area contributed by atoms with Gasteiger partial charge in [0.1, 0.15) is 22.9 Å². The maximum atomic E-state index is 10.6. The van der Waals surface area contributed by atoms with E-state index in [-0.39, 0.29) is 11.5 Å². The van der Waals surface area contributed by atoms with Crippen LogP contribution in [0.2, 0.25) is 0 Å². The van der Waals surface area contributed by atoms with Crippen LogP contribution in [0.15, 0.2) is 60.0 Å². The van der Waals surface area contributed by atoms with Crippen LogP contribution in [0.25, 0.3) is 11.3 Å². The minimum Gasteiger partial charge on any atom is -0.508 e. The van der Waals surface area contributed by atoms with Gasteiger partial charge >= 0.3 is 0 Å². The van der Waals surface area contributed by atoms with Crippen molar-refractivity contribution in [2.24, 2.45) is 5.10 Å². The summed E-state index contributed by atoms with van der Waals surface area (Å²) in [4.78, 5) is 18.7. The normalized spacial score (nSPS) is 10.1. The van der Waals surface area contributed by atoms with Crippen molar-refractivity contribution in [3.05, 3.63) is 66.1 Å². The Kier molecular flexibility index (Phi) is 7.47. The fraction of sp³-hybridized carbons (Fsp3) is 0.100. The van der Waals surface area contributed by atoms with Gasteiger partial charge in [0.15, 0.2) is 6.29 Å². The molecule has 0 spiro atoms. The van der Waals surface area contributed by atoms with Crippen molar-refractivity contribution in [1.82, 2.24) is 15.4 Å². The Morgan fingerprint density at radius 2 is 1.75 bits per heavy atom. The Morgan fingerprint density at radius 3 is 2.32 bits per heavy atom. The van der Waals surface area contributed by atoms with Crippen molar-refractivity contribution < 1.29 is 19.7 Å². The lowest BCUT2D eigenvalue weighted by Crippen LogP contribution is -1.94. The van der Waals surface area contributed by atoms with Crippen LogP contribution in [0.4, 0.5) is 0 Å². The molecular weight excluding hydrogens is 360 g/mol. The predicted octanol–water partition coefficient (Wildman–Crippen LogP) is 2.62. The minimum atomic E-state index is 0.0209. The second-order valence-electron chi connectivity index (χ2n) is 5.44. The number of hydrogen-bond acceptors (Lipinski definition) is 8. The van der Waals surface area contributed by atoms with Crippen LogP contribution >= 0.6 is 0 Å². The van der Waals surface area contributed by atoms with Gasteiger partial charge in [-0.1, -0.05) is 0 Å². The topological polar surface area (TPSA) is 117 Å². The number of hydrogen-bond donors (Lipinski definition) is 3. The van der Waals surface area contributed by atoms with Gasteiger partial charge in [-0.05, 0) is 36.4 Å². The molecule has 3 aromatic rings. The molecule has 0 aliphatic carbocycles. The molecule has 8 heteroatoms. The molecule has 144 valence electrons. The molecule has 0 amide bonds. The molecule has 0 fully saturated rings. The number of ether oxygens (including phenoxy) is 1. The number of aromatic hydroxyl groups is 2. The Bertz CT molecular complexity index is 923. The lowest BCUT2D eigenvalue weighted by atomic mass is 10.1. The van der Waals surface area contributed by atoms with E-state index in [1.165, 1.54) is 30.6 Å². The highest BCUT2D eigenvalue weighted by Gasteiger charge is 2.01. The zero-order valence-corrected chi connectivity index (χ0v) is 15.4. The number of carbonyl (C=O) groups excluding carboxylic acids is 1. The van der Waals surface area contributed by atoms with Gasteiger partial charge in [0.05, 0.1) is 31.4 Å². The zero-order chi connectivity index (χ0) is 20.4. The molecule has 0 aliphatic heterocycles. The number of aromatic nitrogens is 2. The number of methoxy groups -OCH3 is 1. The third-order valence-electron chi connectivity index (χ3n) is 3.43. The average Bonchev–Trinajstić information content (AvgIpc) is 2.72. The summed E-state index contributed by atoms with van der Waals surface area (Å²) in [6.07, 6.45) is 5.23. The van der Waals surface area contributed by atoms with Crippen LogP contribution in [0, 0.1) is 0 Å². The first kappa shape index (κ1) is 20.4. The van der Waals surface area contributed by atoms with E-state index in [1.54, 1.807) is 20.4 Å². The Hall–Kier alpha value is -3.94. The number of rotatable bonds is 5. The number of hydrazone groups is 1. The van der Waals surface area contributed by atoms with Crippen LogP contribution in [-0.4, -0.2) is 46.8 Å². The molecule has 8 nitrogen and oxygen atoms in total. The van der Waals surface area contributed by atoms with Gasteiger partial charge in [-0.2, -0.15) is 5.10 Å². The number of phenols is 2. The molecule has 0 saturated carbocycles. The molecular formula is C20H20N4O4. The summed E-state index contributed by atoms with van der Waals surface area (Å²) in [6.45, 7) is 0. The van der Waals surface area contributed by atoms with Crippen molar-refractivity contribution in [2.75, 3.05) is 14.2 Å². The van der Waals surface area contributed by atoms with Gasteiger partial charge in [0.2, 0.25) is 0 Å². The maximum absolute atomic E-state index is 10.6. The van der Waals surface area contributed by atoms with Gasteiger partial charge in [0.25, 0.3) is 0 Å². The van der Waals surface area contributed by atoms with Crippen molar-refractivity contribution in [1.29, 1.82) is 0 Å². The molecule has 0 saturated heterocycles. The number of benzene rings is 2. The van der Waals surface area contributed by atoms with E-state index < -0.39 is 0 Å².